The molecule has 1 unspecified atom stereocenters. The van der Waals surface area contributed by atoms with Crippen LogP contribution in [0.5, 0.6) is 0 Å². The van der Waals surface area contributed by atoms with Gasteiger partial charge in [-0.25, -0.2) is 13.6 Å². The first kappa shape index (κ1) is 17.1. The van der Waals surface area contributed by atoms with Gasteiger partial charge in [-0.3, -0.25) is 4.79 Å². The first-order valence-corrected chi connectivity index (χ1v) is 6.96. The van der Waals surface area contributed by atoms with Crippen LogP contribution in [0, 0.1) is 6.92 Å². The fourth-order valence-corrected chi connectivity index (χ4v) is 2.90. The molecule has 0 spiro atoms. The molecule has 1 amide bonds. The Kier molecular flexibility index (Phi) is 6.16. The number of carbonyl (C=O) groups excluding carboxylic acids is 2. The number of methoxy groups -OCH3 is 1. The van der Waals surface area contributed by atoms with E-state index in [0.29, 0.717) is 5.56 Å². The van der Waals surface area contributed by atoms with Crippen LogP contribution >= 0.6 is 34.5 Å². The Balaban J connectivity index is 2.90. The SMILES string of the molecule is COC(=O)C(CC(F)F)NC(=O)c1sc(Cl)c(Cl)c1C. The number of nitrogens with one attached hydrogen (secondary N) is 1. The maximum Gasteiger partial charge on any atom is 0.328 e. The van der Waals surface area contributed by atoms with Gasteiger partial charge in [0.2, 0.25) is 6.43 Å². The van der Waals surface area contributed by atoms with E-state index in [1.54, 1.807) is 6.92 Å². The second-order valence-electron chi connectivity index (χ2n) is 3.82. The van der Waals surface area contributed by atoms with Crippen molar-refractivity contribution in [3.05, 3.63) is 19.8 Å². The van der Waals surface area contributed by atoms with Crippen LogP contribution in [0.25, 0.3) is 0 Å². The number of hydrogen-bond acceptors (Lipinski definition) is 4. The Morgan fingerprint density at radius 2 is 2.00 bits per heavy atom. The average molecular weight is 346 g/mol. The molecule has 0 saturated heterocycles. The van der Waals surface area contributed by atoms with Gasteiger partial charge in [0.15, 0.2) is 0 Å². The molecule has 112 valence electrons. The van der Waals surface area contributed by atoms with Gasteiger partial charge >= 0.3 is 5.97 Å². The summed E-state index contributed by atoms with van der Waals surface area (Å²) in [7, 11) is 1.05. The Hall–Kier alpha value is -0.920. The van der Waals surface area contributed by atoms with Crippen molar-refractivity contribution < 1.29 is 23.1 Å². The third kappa shape index (κ3) is 4.04. The fraction of sp³-hybridized carbons (Fsp3) is 0.455. The van der Waals surface area contributed by atoms with Crippen LogP contribution in [0.15, 0.2) is 0 Å². The number of ether oxygens (including phenoxy) is 1. The zero-order chi connectivity index (χ0) is 15.4. The predicted octanol–water partition coefficient (Wildman–Crippen LogP) is 3.29. The molecule has 1 aromatic rings. The first-order chi connectivity index (χ1) is 9.27. The number of esters is 1. The molecule has 9 heteroatoms. The van der Waals surface area contributed by atoms with Crippen LogP contribution in [0.2, 0.25) is 9.36 Å². The Bertz CT molecular complexity index is 522. The molecule has 1 N–H and O–H groups in total. The van der Waals surface area contributed by atoms with Crippen LogP contribution in [-0.4, -0.2) is 31.5 Å². The summed E-state index contributed by atoms with van der Waals surface area (Å²) < 4.78 is 29.4. The number of rotatable bonds is 5. The molecular weight excluding hydrogens is 335 g/mol. The predicted molar refractivity (Wildman–Crippen MR) is 73.0 cm³/mol. The Labute approximate surface area is 128 Å². The maximum atomic E-state index is 12.4. The smallest absolute Gasteiger partial charge is 0.328 e. The number of thiophene rings is 1. The maximum absolute atomic E-state index is 12.4. The van der Waals surface area contributed by atoms with E-state index in [4.69, 9.17) is 23.2 Å². The summed E-state index contributed by atoms with van der Waals surface area (Å²) in [4.78, 5) is 23.5. The minimum Gasteiger partial charge on any atom is -0.467 e. The molecule has 0 aliphatic heterocycles. The highest BCUT2D eigenvalue weighted by Crippen LogP contribution is 2.36. The molecule has 0 bridgehead atoms. The van der Waals surface area contributed by atoms with Crippen molar-refractivity contribution in [2.75, 3.05) is 7.11 Å². The van der Waals surface area contributed by atoms with E-state index in [1.807, 2.05) is 0 Å². The van der Waals surface area contributed by atoms with Gasteiger partial charge in [-0.1, -0.05) is 23.2 Å². The molecule has 20 heavy (non-hydrogen) atoms. The molecule has 0 saturated carbocycles. The normalized spacial score (nSPS) is 12.3. The second-order valence-corrected chi connectivity index (χ2v) is 5.82. The number of amides is 1. The molecule has 0 fully saturated rings. The van der Waals surface area contributed by atoms with Crippen molar-refractivity contribution >= 4 is 46.4 Å². The molecule has 0 aromatic carbocycles. The molecule has 0 aliphatic carbocycles. The van der Waals surface area contributed by atoms with E-state index >= 15 is 0 Å². The zero-order valence-electron chi connectivity index (χ0n) is 10.5. The van der Waals surface area contributed by atoms with E-state index in [2.05, 4.69) is 10.1 Å². The quantitative estimate of drug-likeness (QED) is 0.833. The minimum atomic E-state index is -2.75. The van der Waals surface area contributed by atoms with Crippen LogP contribution in [0.1, 0.15) is 21.7 Å². The van der Waals surface area contributed by atoms with Crippen molar-refractivity contribution in [3.63, 3.8) is 0 Å². The molecule has 1 rings (SSSR count). The standard InChI is InChI=1S/C11H11Cl2F2NO3S/c1-4-7(12)9(13)20-8(4)10(17)16-5(3-6(14)15)11(18)19-2/h5-6H,3H2,1-2H3,(H,16,17). The summed E-state index contributed by atoms with van der Waals surface area (Å²) in [6.45, 7) is 1.57. The van der Waals surface area contributed by atoms with Crippen LogP contribution in [-0.2, 0) is 9.53 Å². The fourth-order valence-electron chi connectivity index (χ4n) is 1.43. The number of alkyl halides is 2. The monoisotopic (exact) mass is 345 g/mol. The Morgan fingerprint density at radius 3 is 2.40 bits per heavy atom. The molecule has 1 heterocycles. The molecule has 4 nitrogen and oxygen atoms in total. The highest BCUT2D eigenvalue weighted by molar-refractivity contribution is 7.19. The number of carbonyl (C=O) groups is 2. The number of halogens is 4. The van der Waals surface area contributed by atoms with Gasteiger partial charge in [0, 0.05) is 6.42 Å². The Morgan fingerprint density at radius 1 is 1.40 bits per heavy atom. The highest BCUT2D eigenvalue weighted by Gasteiger charge is 2.27. The lowest BCUT2D eigenvalue weighted by Gasteiger charge is -2.15. The summed E-state index contributed by atoms with van der Waals surface area (Å²) in [5.74, 6) is -1.64. The van der Waals surface area contributed by atoms with E-state index in [-0.39, 0.29) is 14.2 Å². The van der Waals surface area contributed by atoms with Gasteiger partial charge in [-0.15, -0.1) is 11.3 Å². The van der Waals surface area contributed by atoms with Crippen LogP contribution in [0.3, 0.4) is 0 Å². The van der Waals surface area contributed by atoms with Crippen molar-refractivity contribution in [2.24, 2.45) is 0 Å². The van der Waals surface area contributed by atoms with Crippen molar-refractivity contribution in [1.29, 1.82) is 0 Å². The first-order valence-electron chi connectivity index (χ1n) is 5.39. The average Bonchev–Trinajstić information content (AvgIpc) is 2.64. The van der Waals surface area contributed by atoms with Gasteiger partial charge in [0.05, 0.1) is 17.0 Å². The molecule has 0 radical (unpaired) electrons. The molecule has 1 aromatic heterocycles. The van der Waals surface area contributed by atoms with Crippen LogP contribution in [0.4, 0.5) is 8.78 Å². The van der Waals surface area contributed by atoms with E-state index < -0.39 is 30.8 Å². The highest BCUT2D eigenvalue weighted by atomic mass is 35.5. The topological polar surface area (TPSA) is 55.4 Å². The number of hydrogen-bond donors (Lipinski definition) is 1. The minimum absolute atomic E-state index is 0.170. The largest absolute Gasteiger partial charge is 0.467 e. The van der Waals surface area contributed by atoms with E-state index in [0.717, 1.165) is 18.4 Å². The third-order valence-corrected chi connectivity index (χ3v) is 4.63. The summed E-state index contributed by atoms with van der Waals surface area (Å²) in [6, 6.07) is -1.42. The van der Waals surface area contributed by atoms with E-state index in [9.17, 15) is 18.4 Å². The lowest BCUT2D eigenvalue weighted by atomic mass is 10.2. The zero-order valence-corrected chi connectivity index (χ0v) is 12.8. The van der Waals surface area contributed by atoms with Gasteiger partial charge in [-0.05, 0) is 12.5 Å². The summed E-state index contributed by atoms with van der Waals surface area (Å²) in [6.07, 6.45) is -3.58. The van der Waals surface area contributed by atoms with E-state index in [1.165, 1.54) is 0 Å². The second kappa shape index (κ2) is 7.19. The van der Waals surface area contributed by atoms with Crippen molar-refractivity contribution in [2.45, 2.75) is 25.8 Å². The third-order valence-electron chi connectivity index (χ3n) is 2.45. The summed E-state index contributed by atoms with van der Waals surface area (Å²) in [5.41, 5.74) is 0.430. The van der Waals surface area contributed by atoms with Gasteiger partial charge in [0.25, 0.3) is 5.91 Å². The summed E-state index contributed by atoms with van der Waals surface area (Å²) >= 11 is 12.5. The van der Waals surface area contributed by atoms with Gasteiger partial charge < -0.3 is 10.1 Å². The lowest BCUT2D eigenvalue weighted by Crippen LogP contribution is -2.42. The molecule has 0 aliphatic rings. The van der Waals surface area contributed by atoms with Crippen LogP contribution < -0.4 is 5.32 Å². The lowest BCUT2D eigenvalue weighted by molar-refractivity contribution is -0.144. The summed E-state index contributed by atoms with van der Waals surface area (Å²) in [5, 5.41) is 2.42. The molecule has 1 atom stereocenters. The van der Waals surface area contributed by atoms with Crippen molar-refractivity contribution in [3.8, 4) is 0 Å². The van der Waals surface area contributed by atoms with Crippen molar-refractivity contribution in [1.82, 2.24) is 5.32 Å². The van der Waals surface area contributed by atoms with Gasteiger partial charge in [-0.2, -0.15) is 0 Å². The van der Waals surface area contributed by atoms with Gasteiger partial charge in [0.1, 0.15) is 10.4 Å². The molecular formula is C11H11Cl2F2NO3S.